The molecule has 4 rings (SSSR count). The van der Waals surface area contributed by atoms with Crippen LogP contribution in [0.4, 0.5) is 29.3 Å². The SMILES string of the molecule is Cc1cccn2c(=O)cc(COc3cccc(NC(=O)Nc4ccccc4C(F)(F)F)c3)nc12. The van der Waals surface area contributed by atoms with E-state index in [-0.39, 0.29) is 17.9 Å². The molecule has 0 aliphatic rings. The highest BCUT2D eigenvalue weighted by molar-refractivity contribution is 6.00. The minimum atomic E-state index is -4.60. The van der Waals surface area contributed by atoms with Gasteiger partial charge in [0, 0.05) is 24.0 Å². The van der Waals surface area contributed by atoms with Crippen LogP contribution in [0.2, 0.25) is 0 Å². The molecular formula is C24H19F3N4O3. The van der Waals surface area contributed by atoms with Gasteiger partial charge in [0.2, 0.25) is 0 Å². The fraction of sp³-hybridized carbons (Fsp3) is 0.125. The lowest BCUT2D eigenvalue weighted by atomic mass is 10.1. The Balaban J connectivity index is 1.44. The summed E-state index contributed by atoms with van der Waals surface area (Å²) in [6, 6.07) is 15.2. The van der Waals surface area contributed by atoms with Gasteiger partial charge in [-0.15, -0.1) is 0 Å². The Morgan fingerprint density at radius 1 is 1.03 bits per heavy atom. The number of alkyl halides is 3. The Hall–Kier alpha value is -4.34. The molecule has 34 heavy (non-hydrogen) atoms. The molecule has 0 unspecified atom stereocenters. The summed E-state index contributed by atoms with van der Waals surface area (Å²) in [5.74, 6) is 0.375. The Kier molecular flexibility index (Phi) is 6.22. The van der Waals surface area contributed by atoms with Crippen molar-refractivity contribution in [1.82, 2.24) is 9.38 Å². The van der Waals surface area contributed by atoms with E-state index in [1.807, 2.05) is 13.0 Å². The number of nitrogens with zero attached hydrogens (tertiary/aromatic N) is 2. The molecule has 0 radical (unpaired) electrons. The van der Waals surface area contributed by atoms with Gasteiger partial charge in [-0.3, -0.25) is 9.20 Å². The standard InChI is InChI=1S/C24H19F3N4O3/c1-15-6-5-11-31-21(32)13-17(28-22(15)31)14-34-18-8-4-7-16(12-18)29-23(33)30-20-10-3-2-9-19(20)24(25,26)27/h2-13H,14H2,1H3,(H2,29,30,33). The molecule has 2 aromatic heterocycles. The third kappa shape index (κ3) is 5.17. The molecule has 0 fully saturated rings. The van der Waals surface area contributed by atoms with Gasteiger partial charge in [-0.1, -0.05) is 24.3 Å². The van der Waals surface area contributed by atoms with Gasteiger partial charge in [-0.25, -0.2) is 9.78 Å². The van der Waals surface area contributed by atoms with E-state index in [1.54, 1.807) is 30.5 Å². The molecule has 0 saturated carbocycles. The Morgan fingerprint density at radius 3 is 2.62 bits per heavy atom. The van der Waals surface area contributed by atoms with E-state index >= 15 is 0 Å². The van der Waals surface area contributed by atoms with Crippen molar-refractivity contribution in [1.29, 1.82) is 0 Å². The zero-order valence-electron chi connectivity index (χ0n) is 17.9. The molecule has 0 atom stereocenters. The summed E-state index contributed by atoms with van der Waals surface area (Å²) in [4.78, 5) is 29.0. The van der Waals surface area contributed by atoms with E-state index in [4.69, 9.17) is 4.74 Å². The number of carbonyl (C=O) groups excluding carboxylic acids is 1. The number of hydrogen-bond donors (Lipinski definition) is 2. The van der Waals surface area contributed by atoms with E-state index < -0.39 is 17.8 Å². The monoisotopic (exact) mass is 468 g/mol. The smallest absolute Gasteiger partial charge is 0.418 e. The van der Waals surface area contributed by atoms with E-state index in [1.165, 1.54) is 34.7 Å². The zero-order valence-corrected chi connectivity index (χ0v) is 17.9. The van der Waals surface area contributed by atoms with Gasteiger partial charge < -0.3 is 15.4 Å². The number of fused-ring (bicyclic) bond motifs is 1. The number of halogens is 3. The molecule has 7 nitrogen and oxygen atoms in total. The highest BCUT2D eigenvalue weighted by Gasteiger charge is 2.33. The lowest BCUT2D eigenvalue weighted by Gasteiger charge is -2.14. The third-order valence-corrected chi connectivity index (χ3v) is 4.90. The molecule has 4 aromatic rings. The van der Waals surface area contributed by atoms with Crippen molar-refractivity contribution in [3.8, 4) is 5.75 Å². The van der Waals surface area contributed by atoms with Gasteiger partial charge in [0.15, 0.2) is 0 Å². The van der Waals surface area contributed by atoms with Crippen molar-refractivity contribution >= 4 is 23.1 Å². The molecule has 174 valence electrons. The second-order valence-corrected chi connectivity index (χ2v) is 7.41. The number of pyridine rings is 1. The summed E-state index contributed by atoms with van der Waals surface area (Å²) in [6.07, 6.45) is -2.97. The van der Waals surface area contributed by atoms with Crippen LogP contribution in [0.25, 0.3) is 5.65 Å². The molecular weight excluding hydrogens is 449 g/mol. The number of nitrogens with one attached hydrogen (secondary N) is 2. The van der Waals surface area contributed by atoms with Crippen LogP contribution in [0.1, 0.15) is 16.8 Å². The summed E-state index contributed by atoms with van der Waals surface area (Å²) in [6.45, 7) is 1.86. The van der Waals surface area contributed by atoms with Crippen molar-refractivity contribution < 1.29 is 22.7 Å². The second-order valence-electron chi connectivity index (χ2n) is 7.41. The van der Waals surface area contributed by atoms with Crippen LogP contribution in [0.15, 0.2) is 77.7 Å². The molecule has 0 aliphatic heterocycles. The normalized spacial score (nSPS) is 11.3. The number of urea groups is 1. The van der Waals surface area contributed by atoms with Crippen LogP contribution in [0.3, 0.4) is 0 Å². The summed E-state index contributed by atoms with van der Waals surface area (Å²) < 4.78 is 46.5. The van der Waals surface area contributed by atoms with Crippen molar-refractivity contribution in [2.75, 3.05) is 10.6 Å². The quantitative estimate of drug-likeness (QED) is 0.419. The average molecular weight is 468 g/mol. The first-order valence-electron chi connectivity index (χ1n) is 10.2. The number of anilines is 2. The first-order valence-corrected chi connectivity index (χ1v) is 10.2. The maximum atomic E-state index is 13.1. The number of carbonyl (C=O) groups is 1. The molecule has 0 bridgehead atoms. The predicted octanol–water partition coefficient (Wildman–Crippen LogP) is 5.24. The van der Waals surface area contributed by atoms with Crippen LogP contribution in [0.5, 0.6) is 5.75 Å². The van der Waals surface area contributed by atoms with Gasteiger partial charge in [0.05, 0.1) is 16.9 Å². The number of aromatic nitrogens is 2. The first kappa shape index (κ1) is 22.8. The van der Waals surface area contributed by atoms with Crippen LogP contribution >= 0.6 is 0 Å². The van der Waals surface area contributed by atoms with Gasteiger partial charge in [-0.05, 0) is 42.8 Å². The van der Waals surface area contributed by atoms with Crippen LogP contribution in [-0.4, -0.2) is 15.4 Å². The van der Waals surface area contributed by atoms with Crippen LogP contribution in [0, 0.1) is 6.92 Å². The summed E-state index contributed by atoms with van der Waals surface area (Å²) in [7, 11) is 0. The Labute approximate surface area is 191 Å². The third-order valence-electron chi connectivity index (χ3n) is 4.90. The molecule has 2 N–H and O–H groups in total. The van der Waals surface area contributed by atoms with Crippen molar-refractivity contribution in [2.24, 2.45) is 0 Å². The van der Waals surface area contributed by atoms with Gasteiger partial charge in [0.1, 0.15) is 18.0 Å². The maximum absolute atomic E-state index is 13.1. The molecule has 10 heteroatoms. The van der Waals surface area contributed by atoms with Crippen molar-refractivity contribution in [2.45, 2.75) is 19.7 Å². The van der Waals surface area contributed by atoms with Gasteiger partial charge >= 0.3 is 12.2 Å². The highest BCUT2D eigenvalue weighted by atomic mass is 19.4. The fourth-order valence-corrected chi connectivity index (χ4v) is 3.33. The van der Waals surface area contributed by atoms with E-state index in [0.717, 1.165) is 11.6 Å². The number of aryl methyl sites for hydroxylation is 1. The number of rotatable bonds is 5. The molecule has 2 amide bonds. The Bertz CT molecular complexity index is 1420. The zero-order chi connectivity index (χ0) is 24.3. The number of amides is 2. The molecule has 0 aliphatic carbocycles. The molecule has 0 spiro atoms. The summed E-state index contributed by atoms with van der Waals surface area (Å²) >= 11 is 0. The topological polar surface area (TPSA) is 84.7 Å². The second kappa shape index (κ2) is 9.26. The van der Waals surface area contributed by atoms with E-state index in [0.29, 0.717) is 22.8 Å². The minimum Gasteiger partial charge on any atom is -0.487 e. The van der Waals surface area contributed by atoms with Crippen LogP contribution < -0.4 is 20.9 Å². The largest absolute Gasteiger partial charge is 0.487 e. The van der Waals surface area contributed by atoms with Gasteiger partial charge in [-0.2, -0.15) is 13.2 Å². The van der Waals surface area contributed by atoms with E-state index in [2.05, 4.69) is 15.6 Å². The van der Waals surface area contributed by atoms with Crippen LogP contribution in [-0.2, 0) is 12.8 Å². The lowest BCUT2D eigenvalue weighted by molar-refractivity contribution is -0.136. The minimum absolute atomic E-state index is 0.00861. The lowest BCUT2D eigenvalue weighted by Crippen LogP contribution is -2.21. The number of hydrogen-bond acceptors (Lipinski definition) is 4. The molecule has 2 aromatic carbocycles. The summed E-state index contributed by atoms with van der Waals surface area (Å²) in [5.41, 5.74) is 0.560. The predicted molar refractivity (Wildman–Crippen MR) is 121 cm³/mol. The van der Waals surface area contributed by atoms with Crippen molar-refractivity contribution in [3.05, 3.63) is 100 Å². The first-order chi connectivity index (χ1) is 16.2. The van der Waals surface area contributed by atoms with E-state index in [9.17, 15) is 22.8 Å². The maximum Gasteiger partial charge on any atom is 0.418 e. The fourth-order valence-electron chi connectivity index (χ4n) is 3.33. The highest BCUT2D eigenvalue weighted by Crippen LogP contribution is 2.34. The molecule has 0 saturated heterocycles. The molecule has 2 heterocycles. The number of para-hydroxylation sites is 1. The summed E-state index contributed by atoms with van der Waals surface area (Å²) in [5, 5.41) is 4.70. The Morgan fingerprint density at radius 2 is 1.82 bits per heavy atom. The number of ether oxygens (including phenoxy) is 1. The number of benzene rings is 2. The van der Waals surface area contributed by atoms with Gasteiger partial charge in [0.25, 0.3) is 5.56 Å². The van der Waals surface area contributed by atoms with Crippen molar-refractivity contribution in [3.63, 3.8) is 0 Å². The average Bonchev–Trinajstić information content (AvgIpc) is 2.78.